The van der Waals surface area contributed by atoms with Crippen LogP contribution in [0.2, 0.25) is 0 Å². The Hall–Kier alpha value is -3.26. The Bertz CT molecular complexity index is 1220. The highest BCUT2D eigenvalue weighted by Crippen LogP contribution is 2.45. The molecule has 0 fully saturated rings. The van der Waals surface area contributed by atoms with Gasteiger partial charge in [0.15, 0.2) is 16.4 Å². The van der Waals surface area contributed by atoms with Gasteiger partial charge in [-0.05, 0) is 43.0 Å². The van der Waals surface area contributed by atoms with Crippen LogP contribution >= 0.6 is 0 Å². The molecule has 0 saturated heterocycles. The van der Waals surface area contributed by atoms with Gasteiger partial charge in [-0.3, -0.25) is 9.10 Å². The predicted octanol–water partition coefficient (Wildman–Crippen LogP) is 4.28. The van der Waals surface area contributed by atoms with Crippen LogP contribution in [0, 0.1) is 6.92 Å². The van der Waals surface area contributed by atoms with Gasteiger partial charge in [-0.1, -0.05) is 31.2 Å². The van der Waals surface area contributed by atoms with Crippen LogP contribution < -0.4 is 19.1 Å². The zero-order valence-electron chi connectivity index (χ0n) is 19.0. The second-order valence-electron chi connectivity index (χ2n) is 7.42. The third-order valence-corrected chi connectivity index (χ3v) is 7.48. The molecular formula is C24H28N2O5S. The molecule has 32 heavy (non-hydrogen) atoms. The van der Waals surface area contributed by atoms with Crippen LogP contribution in [0.5, 0.6) is 11.5 Å². The average Bonchev–Trinajstić information content (AvgIpc) is 2.76. The first-order valence-electron chi connectivity index (χ1n) is 10.2. The Morgan fingerprint density at radius 1 is 1.16 bits per heavy atom. The molecule has 8 heteroatoms. The summed E-state index contributed by atoms with van der Waals surface area (Å²) in [4.78, 5) is 13.1. The maximum absolute atomic E-state index is 13.6. The summed E-state index contributed by atoms with van der Waals surface area (Å²) in [5, 5.41) is 2.85. The minimum absolute atomic E-state index is 0.000544. The molecule has 2 aromatic rings. The van der Waals surface area contributed by atoms with Crippen molar-refractivity contribution in [3.05, 3.63) is 64.6 Å². The van der Waals surface area contributed by atoms with E-state index in [0.717, 1.165) is 15.4 Å². The van der Waals surface area contributed by atoms with E-state index in [9.17, 15) is 13.2 Å². The summed E-state index contributed by atoms with van der Waals surface area (Å²) in [5.41, 5.74) is 3.74. The highest BCUT2D eigenvalue weighted by Gasteiger charge is 2.40. The molecule has 2 aromatic carbocycles. The number of methoxy groups -OCH3 is 2. The van der Waals surface area contributed by atoms with E-state index in [1.165, 1.54) is 20.3 Å². The van der Waals surface area contributed by atoms with Gasteiger partial charge in [0.05, 0.1) is 26.5 Å². The quantitative estimate of drug-likeness (QED) is 0.629. The van der Waals surface area contributed by atoms with Crippen LogP contribution in [-0.4, -0.2) is 35.1 Å². The fourth-order valence-electron chi connectivity index (χ4n) is 3.90. The smallest absolute Gasteiger partial charge is 0.270 e. The third-order valence-electron chi connectivity index (χ3n) is 5.54. The van der Waals surface area contributed by atoms with E-state index < -0.39 is 15.9 Å². The minimum Gasteiger partial charge on any atom is -0.493 e. The molecule has 170 valence electrons. The summed E-state index contributed by atoms with van der Waals surface area (Å²) in [6.07, 6.45) is 2.18. The first-order valence-corrected chi connectivity index (χ1v) is 11.7. The van der Waals surface area contributed by atoms with Gasteiger partial charge in [0.25, 0.3) is 15.9 Å². The number of anilines is 2. The van der Waals surface area contributed by atoms with Gasteiger partial charge in [0.1, 0.15) is 0 Å². The number of benzene rings is 2. The molecule has 3 rings (SSSR count). The van der Waals surface area contributed by atoms with Crippen LogP contribution in [0.1, 0.15) is 30.5 Å². The molecule has 1 heterocycles. The lowest BCUT2D eigenvalue weighted by Gasteiger charge is -2.32. The number of sulfonamides is 1. The Morgan fingerprint density at radius 2 is 1.81 bits per heavy atom. The van der Waals surface area contributed by atoms with Crippen molar-refractivity contribution >= 4 is 32.9 Å². The zero-order valence-corrected chi connectivity index (χ0v) is 19.8. The molecule has 0 aliphatic carbocycles. The monoisotopic (exact) mass is 456 g/mol. The lowest BCUT2D eigenvalue weighted by Crippen LogP contribution is -2.39. The van der Waals surface area contributed by atoms with Crippen molar-refractivity contribution in [1.29, 1.82) is 0 Å². The first-order chi connectivity index (χ1) is 15.2. The third kappa shape index (κ3) is 3.86. The number of ether oxygens (including phenoxy) is 2. The molecule has 1 N–H and O–H groups in total. The molecule has 0 aromatic heterocycles. The van der Waals surface area contributed by atoms with Crippen molar-refractivity contribution in [2.45, 2.75) is 27.2 Å². The summed E-state index contributed by atoms with van der Waals surface area (Å²) >= 11 is 0. The number of nitrogens with one attached hydrogen (secondary N) is 1. The number of allylic oxidation sites excluding steroid dienone is 1. The molecule has 0 bridgehead atoms. The lowest BCUT2D eigenvalue weighted by molar-refractivity contribution is -0.112. The van der Waals surface area contributed by atoms with Gasteiger partial charge in [0, 0.05) is 17.3 Å². The number of aryl methyl sites for hydroxylation is 2. The molecule has 1 amide bonds. The Morgan fingerprint density at radius 3 is 2.41 bits per heavy atom. The van der Waals surface area contributed by atoms with E-state index in [4.69, 9.17) is 9.47 Å². The molecule has 0 atom stereocenters. The number of amides is 1. The number of fused-ring (bicyclic) bond motifs is 1. The predicted molar refractivity (Wildman–Crippen MR) is 128 cm³/mol. The maximum atomic E-state index is 13.6. The van der Waals surface area contributed by atoms with Crippen molar-refractivity contribution in [2.24, 2.45) is 0 Å². The van der Waals surface area contributed by atoms with Crippen molar-refractivity contribution in [1.82, 2.24) is 0 Å². The van der Waals surface area contributed by atoms with Gasteiger partial charge < -0.3 is 14.8 Å². The number of carbonyl (C=O) groups excluding carboxylic acids is 1. The maximum Gasteiger partial charge on any atom is 0.270 e. The highest BCUT2D eigenvalue weighted by atomic mass is 32.2. The van der Waals surface area contributed by atoms with Crippen molar-refractivity contribution in [2.75, 3.05) is 30.4 Å². The highest BCUT2D eigenvalue weighted by molar-refractivity contribution is 7.97. The summed E-state index contributed by atoms with van der Waals surface area (Å²) in [6, 6.07) is 8.99. The van der Waals surface area contributed by atoms with E-state index in [0.29, 0.717) is 40.4 Å². The molecule has 0 radical (unpaired) electrons. The summed E-state index contributed by atoms with van der Waals surface area (Å²) in [5.74, 6) is 0.153. The number of hydrogen-bond donors (Lipinski definition) is 1. The molecule has 1 aliphatic heterocycles. The second kappa shape index (κ2) is 9.08. The first kappa shape index (κ1) is 23.4. The SMILES string of the molecule is C=CCN1c2cc(OC)c(OC)cc2C(C)=C(C(=O)Nc2c(C)cccc2CC)S1(=O)=O. The van der Waals surface area contributed by atoms with Gasteiger partial charge in [-0.25, -0.2) is 8.42 Å². The number of nitrogens with zero attached hydrogens (tertiary/aromatic N) is 1. The van der Waals surface area contributed by atoms with Crippen LogP contribution in [0.3, 0.4) is 0 Å². The Labute approximate surface area is 189 Å². The normalized spacial score (nSPS) is 14.6. The van der Waals surface area contributed by atoms with E-state index >= 15 is 0 Å². The van der Waals surface area contributed by atoms with Crippen LogP contribution in [0.15, 0.2) is 47.9 Å². The number of carbonyl (C=O) groups is 1. The molecular weight excluding hydrogens is 428 g/mol. The van der Waals surface area contributed by atoms with E-state index in [2.05, 4.69) is 11.9 Å². The number of rotatable bonds is 7. The van der Waals surface area contributed by atoms with Gasteiger partial charge in [-0.15, -0.1) is 6.58 Å². The van der Waals surface area contributed by atoms with E-state index in [1.807, 2.05) is 32.0 Å². The minimum atomic E-state index is -4.15. The van der Waals surface area contributed by atoms with Gasteiger partial charge >= 0.3 is 0 Å². The van der Waals surface area contributed by atoms with Gasteiger partial charge in [0.2, 0.25) is 0 Å². The fourth-order valence-corrected chi connectivity index (χ4v) is 5.62. The van der Waals surface area contributed by atoms with E-state index in [-0.39, 0.29) is 11.4 Å². The summed E-state index contributed by atoms with van der Waals surface area (Å²) < 4.78 is 39.1. The molecule has 0 spiro atoms. The fraction of sp³-hybridized carbons (Fsp3) is 0.292. The molecule has 7 nitrogen and oxygen atoms in total. The van der Waals surface area contributed by atoms with Crippen LogP contribution in [0.25, 0.3) is 5.57 Å². The summed E-state index contributed by atoms with van der Waals surface area (Å²) in [6.45, 7) is 9.16. The Kier molecular flexibility index (Phi) is 6.64. The molecule has 0 saturated carbocycles. The van der Waals surface area contributed by atoms with Gasteiger partial charge in [-0.2, -0.15) is 0 Å². The zero-order chi connectivity index (χ0) is 23.6. The van der Waals surface area contributed by atoms with Crippen molar-refractivity contribution in [3.63, 3.8) is 0 Å². The number of para-hydroxylation sites is 1. The summed E-state index contributed by atoms with van der Waals surface area (Å²) in [7, 11) is -1.17. The van der Waals surface area contributed by atoms with E-state index in [1.54, 1.807) is 19.1 Å². The van der Waals surface area contributed by atoms with Crippen molar-refractivity contribution in [3.8, 4) is 11.5 Å². The topological polar surface area (TPSA) is 84.9 Å². The van der Waals surface area contributed by atoms with Crippen molar-refractivity contribution < 1.29 is 22.7 Å². The largest absolute Gasteiger partial charge is 0.493 e. The molecule has 1 aliphatic rings. The second-order valence-corrected chi connectivity index (χ2v) is 9.22. The number of hydrogen-bond acceptors (Lipinski definition) is 5. The molecule has 0 unspecified atom stereocenters. The average molecular weight is 457 g/mol. The van der Waals surface area contributed by atoms with Crippen LogP contribution in [0.4, 0.5) is 11.4 Å². The lowest BCUT2D eigenvalue weighted by atomic mass is 10.0. The standard InChI is InChI=1S/C24H28N2O5S/c1-7-12-26-19-14-21(31-6)20(30-5)13-18(19)16(4)23(32(26,28)29)24(27)25-22-15(3)10-9-11-17(22)8-2/h7,9-11,13-14H,1,8,12H2,2-6H3,(H,25,27). The Balaban J connectivity index is 2.23. The van der Waals surface area contributed by atoms with Crippen LogP contribution in [-0.2, 0) is 21.2 Å².